The van der Waals surface area contributed by atoms with E-state index < -0.39 is 0 Å². The van der Waals surface area contributed by atoms with Crippen LogP contribution in [0, 0.1) is 5.82 Å². The highest BCUT2D eigenvalue weighted by Gasteiger charge is 2.08. The van der Waals surface area contributed by atoms with Gasteiger partial charge in [0.2, 0.25) is 0 Å². The smallest absolute Gasteiger partial charge is 0.156 e. The number of rotatable bonds is 3. The topological polar surface area (TPSA) is 56.2 Å². The fourth-order valence-electron chi connectivity index (χ4n) is 1.98. The van der Waals surface area contributed by atoms with Gasteiger partial charge in [-0.3, -0.25) is 0 Å². The van der Waals surface area contributed by atoms with Gasteiger partial charge < -0.3 is 5.73 Å². The minimum Gasteiger partial charge on any atom is -0.326 e. The van der Waals surface area contributed by atoms with E-state index in [1.807, 2.05) is 18.3 Å². The normalized spacial score (nSPS) is 11.1. The van der Waals surface area contributed by atoms with Gasteiger partial charge in [0.1, 0.15) is 5.82 Å². The molecule has 0 unspecified atom stereocenters. The van der Waals surface area contributed by atoms with Crippen LogP contribution in [-0.4, -0.2) is 14.6 Å². The van der Waals surface area contributed by atoms with Crippen LogP contribution in [0.15, 0.2) is 42.6 Å². The second kappa shape index (κ2) is 4.78. The monoisotopic (exact) mass is 256 g/mol. The second-order valence-corrected chi connectivity index (χ2v) is 4.34. The summed E-state index contributed by atoms with van der Waals surface area (Å²) in [7, 11) is 0. The molecule has 1 aromatic carbocycles. The number of hydrogen-bond donors (Lipinski definition) is 1. The third-order valence-electron chi connectivity index (χ3n) is 2.98. The Kier molecular flexibility index (Phi) is 2.97. The van der Waals surface area contributed by atoms with Crippen LogP contribution >= 0.6 is 0 Å². The minimum atomic E-state index is -0.232. The molecule has 0 amide bonds. The van der Waals surface area contributed by atoms with Crippen LogP contribution in [0.5, 0.6) is 0 Å². The standard InChI is InChI=1S/C14H13FN4/c15-12-4-2-1-3-11(12)7-13-17-14-6-5-10(8-16)9-19(14)18-13/h1-6,9H,7-8,16H2. The van der Waals surface area contributed by atoms with Crippen LogP contribution in [0.25, 0.3) is 5.65 Å². The van der Waals surface area contributed by atoms with Crippen LogP contribution in [0.1, 0.15) is 17.0 Å². The molecule has 3 aromatic rings. The lowest BCUT2D eigenvalue weighted by Gasteiger charge is -1.98. The van der Waals surface area contributed by atoms with Gasteiger partial charge in [-0.15, -0.1) is 0 Å². The van der Waals surface area contributed by atoms with Gasteiger partial charge in [-0.25, -0.2) is 13.9 Å². The lowest BCUT2D eigenvalue weighted by molar-refractivity contribution is 0.612. The van der Waals surface area contributed by atoms with Crippen molar-refractivity contribution in [1.82, 2.24) is 14.6 Å². The molecule has 0 aliphatic carbocycles. The first-order valence-corrected chi connectivity index (χ1v) is 6.04. The number of nitrogens with zero attached hydrogens (tertiary/aromatic N) is 3. The Morgan fingerprint density at radius 1 is 1.16 bits per heavy atom. The number of nitrogens with two attached hydrogens (primary N) is 1. The zero-order chi connectivity index (χ0) is 13.2. The molecule has 0 atom stereocenters. The quantitative estimate of drug-likeness (QED) is 0.779. The van der Waals surface area contributed by atoms with Crippen molar-refractivity contribution in [2.24, 2.45) is 5.73 Å². The molecule has 0 bridgehead atoms. The van der Waals surface area contributed by atoms with Gasteiger partial charge in [0.05, 0.1) is 0 Å². The zero-order valence-electron chi connectivity index (χ0n) is 10.3. The molecule has 0 aliphatic heterocycles. The van der Waals surface area contributed by atoms with E-state index in [-0.39, 0.29) is 5.82 Å². The van der Waals surface area contributed by atoms with Crippen molar-refractivity contribution in [3.8, 4) is 0 Å². The maximum Gasteiger partial charge on any atom is 0.156 e. The molecule has 19 heavy (non-hydrogen) atoms. The fourth-order valence-corrected chi connectivity index (χ4v) is 1.98. The third-order valence-corrected chi connectivity index (χ3v) is 2.98. The summed E-state index contributed by atoms with van der Waals surface area (Å²) in [6.07, 6.45) is 2.22. The highest BCUT2D eigenvalue weighted by Crippen LogP contribution is 2.12. The molecule has 2 N–H and O–H groups in total. The Hall–Kier alpha value is -2.27. The van der Waals surface area contributed by atoms with Gasteiger partial charge in [0, 0.05) is 19.2 Å². The Morgan fingerprint density at radius 2 is 2.00 bits per heavy atom. The highest BCUT2D eigenvalue weighted by atomic mass is 19.1. The molecule has 0 saturated heterocycles. The van der Waals surface area contributed by atoms with Gasteiger partial charge in [-0.1, -0.05) is 24.3 Å². The summed E-state index contributed by atoms with van der Waals surface area (Å²) >= 11 is 0. The molecule has 0 aliphatic rings. The number of hydrogen-bond acceptors (Lipinski definition) is 3. The van der Waals surface area contributed by atoms with Gasteiger partial charge in [-0.2, -0.15) is 5.10 Å². The van der Waals surface area contributed by atoms with Crippen LogP contribution in [0.3, 0.4) is 0 Å². The van der Waals surface area contributed by atoms with Crippen LogP contribution in [0.4, 0.5) is 4.39 Å². The minimum absolute atomic E-state index is 0.232. The molecule has 0 radical (unpaired) electrons. The Balaban J connectivity index is 1.95. The highest BCUT2D eigenvalue weighted by molar-refractivity contribution is 5.39. The van der Waals surface area contributed by atoms with Crippen molar-refractivity contribution in [3.63, 3.8) is 0 Å². The zero-order valence-corrected chi connectivity index (χ0v) is 10.3. The lowest BCUT2D eigenvalue weighted by Crippen LogP contribution is -1.99. The van der Waals surface area contributed by atoms with E-state index in [0.717, 1.165) is 11.2 Å². The van der Waals surface area contributed by atoms with Gasteiger partial charge >= 0.3 is 0 Å². The lowest BCUT2D eigenvalue weighted by atomic mass is 10.1. The molecule has 0 spiro atoms. The van der Waals surface area contributed by atoms with Crippen molar-refractivity contribution in [1.29, 1.82) is 0 Å². The number of aromatic nitrogens is 3. The first kappa shape index (κ1) is 11.8. The Bertz CT molecular complexity index is 720. The average Bonchev–Trinajstić information content (AvgIpc) is 2.82. The number of pyridine rings is 1. The molecule has 3 rings (SSSR count). The van der Waals surface area contributed by atoms with Crippen LogP contribution < -0.4 is 5.73 Å². The largest absolute Gasteiger partial charge is 0.326 e. The summed E-state index contributed by atoms with van der Waals surface area (Å²) in [4.78, 5) is 4.37. The molecule has 0 saturated carbocycles. The fraction of sp³-hybridized carbons (Fsp3) is 0.143. The predicted molar refractivity (Wildman–Crippen MR) is 70.1 cm³/mol. The van der Waals surface area contributed by atoms with E-state index in [1.165, 1.54) is 6.07 Å². The maximum absolute atomic E-state index is 13.6. The Labute approximate surface area is 109 Å². The predicted octanol–water partition coefficient (Wildman–Crippen LogP) is 1.92. The van der Waals surface area contributed by atoms with Gasteiger partial charge in [0.15, 0.2) is 11.5 Å². The molecule has 96 valence electrons. The van der Waals surface area contributed by atoms with E-state index in [0.29, 0.717) is 24.4 Å². The van der Waals surface area contributed by atoms with E-state index >= 15 is 0 Å². The summed E-state index contributed by atoms with van der Waals surface area (Å²) < 4.78 is 15.2. The van der Waals surface area contributed by atoms with Crippen molar-refractivity contribution < 1.29 is 4.39 Å². The summed E-state index contributed by atoms with van der Waals surface area (Å²) in [5, 5.41) is 4.34. The van der Waals surface area contributed by atoms with Crippen LogP contribution in [-0.2, 0) is 13.0 Å². The van der Waals surface area contributed by atoms with Crippen molar-refractivity contribution in [2.45, 2.75) is 13.0 Å². The first-order valence-electron chi connectivity index (χ1n) is 6.04. The summed E-state index contributed by atoms with van der Waals surface area (Å²) in [6, 6.07) is 10.4. The van der Waals surface area contributed by atoms with Crippen LogP contribution in [0.2, 0.25) is 0 Å². The van der Waals surface area contributed by atoms with E-state index in [9.17, 15) is 4.39 Å². The SMILES string of the molecule is NCc1ccc2nc(Cc3ccccc3F)nn2c1. The number of fused-ring (bicyclic) bond motifs is 1. The summed E-state index contributed by atoms with van der Waals surface area (Å²) in [5.74, 6) is 0.364. The molecule has 5 heteroatoms. The average molecular weight is 256 g/mol. The van der Waals surface area contributed by atoms with E-state index in [1.54, 1.807) is 22.7 Å². The van der Waals surface area contributed by atoms with Gasteiger partial charge in [-0.05, 0) is 23.3 Å². The molecule has 0 fully saturated rings. The van der Waals surface area contributed by atoms with Crippen molar-refractivity contribution in [2.75, 3.05) is 0 Å². The van der Waals surface area contributed by atoms with E-state index in [4.69, 9.17) is 5.73 Å². The van der Waals surface area contributed by atoms with E-state index in [2.05, 4.69) is 10.1 Å². The molecular formula is C14H13FN4. The molecule has 2 heterocycles. The summed E-state index contributed by atoms with van der Waals surface area (Å²) in [6.45, 7) is 0.457. The number of halogens is 1. The molecule has 2 aromatic heterocycles. The molecule has 4 nitrogen and oxygen atoms in total. The van der Waals surface area contributed by atoms with Crippen molar-refractivity contribution in [3.05, 3.63) is 65.4 Å². The van der Waals surface area contributed by atoms with Crippen molar-refractivity contribution >= 4 is 5.65 Å². The number of benzene rings is 1. The second-order valence-electron chi connectivity index (χ2n) is 4.34. The molecular weight excluding hydrogens is 243 g/mol. The third kappa shape index (κ3) is 2.32. The Morgan fingerprint density at radius 3 is 2.79 bits per heavy atom. The van der Waals surface area contributed by atoms with Gasteiger partial charge in [0.25, 0.3) is 0 Å². The summed E-state index contributed by atoms with van der Waals surface area (Å²) in [5.41, 5.74) is 7.90. The maximum atomic E-state index is 13.6. The first-order chi connectivity index (χ1) is 9.26.